The van der Waals surface area contributed by atoms with Crippen LogP contribution in [0, 0.1) is 5.92 Å². The molecule has 0 amide bonds. The van der Waals surface area contributed by atoms with E-state index in [4.69, 9.17) is 4.74 Å². The smallest absolute Gasteiger partial charge is 0.310 e. The second-order valence-corrected chi connectivity index (χ2v) is 5.60. The van der Waals surface area contributed by atoms with Gasteiger partial charge >= 0.3 is 5.97 Å². The molecule has 1 aromatic heterocycles. The zero-order valence-electron chi connectivity index (χ0n) is 9.19. The molecule has 0 aromatic carbocycles. The van der Waals surface area contributed by atoms with Crippen LogP contribution >= 0.6 is 11.5 Å². The Balaban J connectivity index is 1.91. The number of ether oxygens (including phenoxy) is 1. The maximum Gasteiger partial charge on any atom is 0.310 e. The molecule has 2 atom stereocenters. The van der Waals surface area contributed by atoms with Gasteiger partial charge in [-0.3, -0.25) is 4.79 Å². The minimum Gasteiger partial charge on any atom is -0.460 e. The first-order valence-corrected chi connectivity index (χ1v) is 5.93. The van der Waals surface area contributed by atoms with Gasteiger partial charge in [-0.15, -0.1) is 0 Å². The molecule has 3 nitrogen and oxygen atoms in total. The predicted molar refractivity (Wildman–Crippen MR) is 58.8 cm³/mol. The lowest BCUT2D eigenvalue weighted by molar-refractivity contribution is -0.156. The fourth-order valence-electron chi connectivity index (χ4n) is 1.60. The van der Waals surface area contributed by atoms with Crippen LogP contribution < -0.4 is 0 Å². The van der Waals surface area contributed by atoms with Crippen molar-refractivity contribution in [1.82, 2.24) is 4.37 Å². The van der Waals surface area contributed by atoms with Gasteiger partial charge in [0.1, 0.15) is 5.60 Å². The Labute approximate surface area is 93.6 Å². The molecule has 0 spiro atoms. The summed E-state index contributed by atoms with van der Waals surface area (Å²) in [5.74, 6) is 0.331. The molecule has 1 heterocycles. The van der Waals surface area contributed by atoms with Crippen molar-refractivity contribution in [2.24, 2.45) is 5.92 Å². The molecule has 0 unspecified atom stereocenters. The minimum absolute atomic E-state index is 0.0561. The van der Waals surface area contributed by atoms with E-state index in [9.17, 15) is 4.79 Å². The van der Waals surface area contributed by atoms with E-state index in [0.29, 0.717) is 5.92 Å². The topological polar surface area (TPSA) is 39.2 Å². The number of nitrogens with zero attached hydrogens (tertiary/aromatic N) is 1. The lowest BCUT2D eigenvalue weighted by Crippen LogP contribution is -2.25. The van der Waals surface area contributed by atoms with Crippen LogP contribution in [0.5, 0.6) is 0 Å². The molecule has 4 heteroatoms. The molecule has 1 fully saturated rings. The van der Waals surface area contributed by atoms with Crippen molar-refractivity contribution >= 4 is 17.5 Å². The van der Waals surface area contributed by atoms with Crippen molar-refractivity contribution in [2.45, 2.75) is 38.7 Å². The standard InChI is InChI=1S/C11H15NO2S/c1-11(2,3)14-10(13)9-4-8(9)7-5-12-15-6-7/h5-6,8-9H,4H2,1-3H3/t8-,9+/m0/s1. The summed E-state index contributed by atoms with van der Waals surface area (Å²) in [6, 6.07) is 0. The molecular weight excluding hydrogens is 210 g/mol. The maximum atomic E-state index is 11.7. The van der Waals surface area contributed by atoms with Crippen molar-refractivity contribution < 1.29 is 9.53 Å². The van der Waals surface area contributed by atoms with E-state index in [2.05, 4.69) is 4.37 Å². The highest BCUT2D eigenvalue weighted by Gasteiger charge is 2.46. The van der Waals surface area contributed by atoms with E-state index in [0.717, 1.165) is 6.42 Å². The molecule has 0 saturated heterocycles. The molecule has 0 bridgehead atoms. The van der Waals surface area contributed by atoms with Crippen molar-refractivity contribution in [3.63, 3.8) is 0 Å². The first-order chi connectivity index (χ1) is 6.97. The molecule has 1 aliphatic carbocycles. The van der Waals surface area contributed by atoms with Gasteiger partial charge < -0.3 is 4.74 Å². The minimum atomic E-state index is -0.378. The average molecular weight is 225 g/mol. The van der Waals surface area contributed by atoms with E-state index in [1.807, 2.05) is 32.3 Å². The molecule has 1 aromatic rings. The fraction of sp³-hybridized carbons (Fsp3) is 0.636. The highest BCUT2D eigenvalue weighted by Crippen LogP contribution is 2.48. The molecule has 82 valence electrons. The second kappa shape index (κ2) is 3.59. The van der Waals surface area contributed by atoms with E-state index in [1.165, 1.54) is 17.1 Å². The largest absolute Gasteiger partial charge is 0.460 e. The van der Waals surface area contributed by atoms with Gasteiger partial charge in [0.25, 0.3) is 0 Å². The van der Waals surface area contributed by atoms with Gasteiger partial charge in [0.2, 0.25) is 0 Å². The van der Waals surface area contributed by atoms with Crippen molar-refractivity contribution in [2.75, 3.05) is 0 Å². The number of carbonyl (C=O) groups is 1. The molecule has 0 radical (unpaired) electrons. The van der Waals surface area contributed by atoms with E-state index in [1.54, 1.807) is 0 Å². The van der Waals surface area contributed by atoms with Crippen LogP contribution in [0.2, 0.25) is 0 Å². The van der Waals surface area contributed by atoms with Crippen LogP contribution in [0.25, 0.3) is 0 Å². The monoisotopic (exact) mass is 225 g/mol. The normalized spacial score (nSPS) is 25.0. The number of aromatic nitrogens is 1. The summed E-state index contributed by atoms with van der Waals surface area (Å²) >= 11 is 1.43. The quantitative estimate of drug-likeness (QED) is 0.726. The summed E-state index contributed by atoms with van der Waals surface area (Å²) in [5.41, 5.74) is 0.799. The van der Waals surface area contributed by atoms with Gasteiger partial charge in [0.15, 0.2) is 0 Å². The van der Waals surface area contributed by atoms with Crippen LogP contribution in [-0.2, 0) is 9.53 Å². The molecule has 0 aliphatic heterocycles. The Morgan fingerprint density at radius 2 is 2.33 bits per heavy atom. The Morgan fingerprint density at radius 1 is 1.60 bits per heavy atom. The number of esters is 1. The Bertz CT molecular complexity index is 353. The van der Waals surface area contributed by atoms with Crippen LogP contribution in [-0.4, -0.2) is 15.9 Å². The lowest BCUT2D eigenvalue weighted by atomic mass is 10.2. The van der Waals surface area contributed by atoms with Gasteiger partial charge in [-0.25, -0.2) is 4.37 Å². The van der Waals surface area contributed by atoms with Gasteiger partial charge in [-0.05, 0) is 44.3 Å². The van der Waals surface area contributed by atoms with E-state index < -0.39 is 0 Å². The summed E-state index contributed by atoms with van der Waals surface area (Å²) in [6.45, 7) is 5.69. The molecular formula is C11H15NO2S. The molecule has 0 N–H and O–H groups in total. The highest BCUT2D eigenvalue weighted by molar-refractivity contribution is 7.03. The Morgan fingerprint density at radius 3 is 2.87 bits per heavy atom. The summed E-state index contributed by atoms with van der Waals surface area (Å²) in [4.78, 5) is 11.7. The second-order valence-electron chi connectivity index (χ2n) is 4.94. The third kappa shape index (κ3) is 2.56. The number of hydrogen-bond acceptors (Lipinski definition) is 4. The zero-order valence-corrected chi connectivity index (χ0v) is 10.0. The molecule has 1 saturated carbocycles. The van der Waals surface area contributed by atoms with Gasteiger partial charge in [0.05, 0.1) is 5.92 Å². The van der Waals surface area contributed by atoms with Gasteiger partial charge in [0, 0.05) is 17.5 Å². The number of carbonyl (C=O) groups excluding carboxylic acids is 1. The molecule has 2 rings (SSSR count). The number of rotatable bonds is 2. The first kappa shape index (κ1) is 10.6. The SMILES string of the molecule is CC(C)(C)OC(=O)[C@@H]1C[C@H]1c1cnsc1. The van der Waals surface area contributed by atoms with Crippen LogP contribution in [0.4, 0.5) is 0 Å². The summed E-state index contributed by atoms with van der Waals surface area (Å²) in [5, 5.41) is 2.01. The maximum absolute atomic E-state index is 11.7. The summed E-state index contributed by atoms with van der Waals surface area (Å²) in [6.07, 6.45) is 2.76. The predicted octanol–water partition coefficient (Wildman–Crippen LogP) is 2.59. The molecule has 1 aliphatic rings. The first-order valence-electron chi connectivity index (χ1n) is 5.09. The van der Waals surface area contributed by atoms with Crippen molar-refractivity contribution in [3.8, 4) is 0 Å². The number of hydrogen-bond donors (Lipinski definition) is 0. The van der Waals surface area contributed by atoms with Crippen LogP contribution in [0.1, 0.15) is 38.7 Å². The van der Waals surface area contributed by atoms with Crippen LogP contribution in [0.15, 0.2) is 11.6 Å². The van der Waals surface area contributed by atoms with Crippen molar-refractivity contribution in [3.05, 3.63) is 17.1 Å². The third-order valence-electron chi connectivity index (χ3n) is 2.38. The summed E-state index contributed by atoms with van der Waals surface area (Å²) < 4.78 is 9.38. The Kier molecular flexibility index (Phi) is 2.54. The Hall–Kier alpha value is -0.900. The van der Waals surface area contributed by atoms with E-state index in [-0.39, 0.29) is 17.5 Å². The zero-order chi connectivity index (χ0) is 11.1. The van der Waals surface area contributed by atoms with Crippen LogP contribution in [0.3, 0.4) is 0 Å². The van der Waals surface area contributed by atoms with E-state index >= 15 is 0 Å². The molecule has 15 heavy (non-hydrogen) atoms. The lowest BCUT2D eigenvalue weighted by Gasteiger charge is -2.19. The summed E-state index contributed by atoms with van der Waals surface area (Å²) in [7, 11) is 0. The van der Waals surface area contributed by atoms with Gasteiger partial charge in [-0.1, -0.05) is 0 Å². The fourth-order valence-corrected chi connectivity index (χ4v) is 2.20. The van der Waals surface area contributed by atoms with Crippen molar-refractivity contribution in [1.29, 1.82) is 0 Å². The van der Waals surface area contributed by atoms with Gasteiger partial charge in [-0.2, -0.15) is 0 Å². The highest BCUT2D eigenvalue weighted by atomic mass is 32.1. The average Bonchev–Trinajstić information content (AvgIpc) is 2.71. The third-order valence-corrected chi connectivity index (χ3v) is 2.98.